The molecule has 8 atom stereocenters. The van der Waals surface area contributed by atoms with E-state index < -0.39 is 32.7 Å². The van der Waals surface area contributed by atoms with Crippen LogP contribution < -0.4 is 5.32 Å². The van der Waals surface area contributed by atoms with E-state index in [0.717, 1.165) is 69.8 Å². The number of rotatable bonds is 2. The number of hydrogen-bond donors (Lipinski definition) is 2. The second-order valence-corrected chi connectivity index (χ2v) is 17.2. The zero-order valence-electron chi connectivity index (χ0n) is 27.5. The van der Waals surface area contributed by atoms with Crippen molar-refractivity contribution in [2.24, 2.45) is 44.3 Å². The summed E-state index contributed by atoms with van der Waals surface area (Å²) < 4.78 is 0. The van der Waals surface area contributed by atoms with Crippen molar-refractivity contribution in [2.75, 3.05) is 0 Å². The number of Topliss-reactive ketones (excluding diaryl/α,β-unsaturated/α-hetero) is 1. The van der Waals surface area contributed by atoms with Crippen LogP contribution >= 0.6 is 0 Å². The third-order valence-electron chi connectivity index (χ3n) is 14.7. The van der Waals surface area contributed by atoms with Crippen molar-refractivity contribution in [3.05, 3.63) is 23.3 Å². The number of nitriles is 1. The lowest BCUT2D eigenvalue weighted by Gasteiger charge is -2.71. The van der Waals surface area contributed by atoms with Gasteiger partial charge in [-0.25, -0.2) is 0 Å². The highest BCUT2D eigenvalue weighted by molar-refractivity contribution is 6.05. The van der Waals surface area contributed by atoms with Gasteiger partial charge in [0.2, 0.25) is 5.91 Å². The fourth-order valence-corrected chi connectivity index (χ4v) is 11.6. The average molecular weight is 589 g/mol. The Morgan fingerprint density at radius 2 is 1.56 bits per heavy atom. The highest BCUT2D eigenvalue weighted by Crippen LogP contribution is 2.75. The number of ketones is 2. The molecule has 0 aromatic heterocycles. The van der Waals surface area contributed by atoms with Gasteiger partial charge < -0.3 is 10.4 Å². The number of aliphatic hydroxyl groups is 1. The van der Waals surface area contributed by atoms with Crippen LogP contribution in [0.3, 0.4) is 0 Å². The van der Waals surface area contributed by atoms with E-state index in [1.54, 1.807) is 6.08 Å². The number of hydrogen-bond acceptors (Lipinski definition) is 5. The highest BCUT2D eigenvalue weighted by Gasteiger charge is 2.75. The molecule has 0 spiro atoms. The fraction of sp³-hybridized carbons (Fsp3) is 0.784. The first kappa shape index (κ1) is 30.8. The summed E-state index contributed by atoms with van der Waals surface area (Å²) in [4.78, 5) is 41.8. The molecule has 234 valence electrons. The Hall–Kier alpha value is -2.26. The summed E-state index contributed by atoms with van der Waals surface area (Å²) in [6.45, 7) is 14.6. The van der Waals surface area contributed by atoms with Crippen LogP contribution in [0.15, 0.2) is 23.3 Å². The summed E-state index contributed by atoms with van der Waals surface area (Å²) in [5.74, 6) is -0.662. The Bertz CT molecular complexity index is 1380. The van der Waals surface area contributed by atoms with Crippen LogP contribution in [0.5, 0.6) is 0 Å². The molecule has 0 aromatic carbocycles. The highest BCUT2D eigenvalue weighted by atomic mass is 16.3. The van der Waals surface area contributed by atoms with Crippen molar-refractivity contribution in [2.45, 2.75) is 137 Å². The molecule has 4 saturated carbocycles. The SMILES string of the molecule is CC1(C(=O)NC2CCCCC2)CCC2(C)CCC3(C)C4(C)CCC5C(C)(C)C(=O)C(C#N)=CC5(C)C4=CC(=O)C3(O)C2C1. The zero-order valence-corrected chi connectivity index (χ0v) is 27.5. The van der Waals surface area contributed by atoms with Gasteiger partial charge >= 0.3 is 0 Å². The van der Waals surface area contributed by atoms with Crippen molar-refractivity contribution in [1.82, 2.24) is 5.32 Å². The minimum absolute atomic E-state index is 0.0400. The standard InChI is InChI=1S/C37H52N2O4/c1-31(2)25-13-14-35(6)26(34(25,5)20-23(22-38)29(31)41)19-28(40)37(43)27-21-33(4,30(42)39-24-11-9-8-10-12-24)16-15-32(27,3)17-18-36(35,37)7/h19-20,24-25,27,43H,8-18,21H2,1-7H3,(H,39,42). The molecule has 6 aliphatic rings. The van der Waals surface area contributed by atoms with E-state index in [9.17, 15) is 24.8 Å². The van der Waals surface area contributed by atoms with E-state index in [-0.39, 0.29) is 46.3 Å². The van der Waals surface area contributed by atoms with E-state index >= 15 is 0 Å². The molecule has 8 unspecified atom stereocenters. The van der Waals surface area contributed by atoms with E-state index in [1.807, 2.05) is 19.9 Å². The number of allylic oxidation sites excluding steroid dienone is 3. The van der Waals surface area contributed by atoms with Gasteiger partial charge in [-0.1, -0.05) is 73.8 Å². The largest absolute Gasteiger partial charge is 0.381 e. The molecule has 0 saturated heterocycles. The van der Waals surface area contributed by atoms with Crippen molar-refractivity contribution in [1.29, 1.82) is 5.26 Å². The molecule has 4 fully saturated rings. The Morgan fingerprint density at radius 3 is 2.21 bits per heavy atom. The number of nitrogens with zero attached hydrogens (tertiary/aromatic N) is 1. The predicted octanol–water partition coefficient (Wildman–Crippen LogP) is 6.77. The molecule has 1 amide bonds. The molecule has 0 radical (unpaired) electrons. The topological polar surface area (TPSA) is 107 Å². The average Bonchev–Trinajstić information content (AvgIpc) is 2.96. The first-order valence-corrected chi connectivity index (χ1v) is 16.9. The van der Waals surface area contributed by atoms with Gasteiger partial charge in [-0.3, -0.25) is 14.4 Å². The second kappa shape index (κ2) is 9.38. The van der Waals surface area contributed by atoms with Crippen LogP contribution in [-0.2, 0) is 14.4 Å². The molecule has 6 aliphatic carbocycles. The summed E-state index contributed by atoms with van der Waals surface area (Å²) >= 11 is 0. The van der Waals surface area contributed by atoms with Gasteiger partial charge in [0.25, 0.3) is 0 Å². The number of nitrogens with one attached hydrogen (secondary N) is 1. The molecule has 2 N–H and O–H groups in total. The molecular weight excluding hydrogens is 536 g/mol. The Balaban J connectivity index is 1.43. The predicted molar refractivity (Wildman–Crippen MR) is 165 cm³/mol. The summed E-state index contributed by atoms with van der Waals surface area (Å²) in [6, 6.07) is 2.39. The van der Waals surface area contributed by atoms with Gasteiger partial charge in [-0.2, -0.15) is 5.26 Å². The van der Waals surface area contributed by atoms with Crippen LogP contribution in [0.4, 0.5) is 0 Å². The van der Waals surface area contributed by atoms with Gasteiger partial charge in [0.1, 0.15) is 11.7 Å². The lowest BCUT2D eigenvalue weighted by Crippen LogP contribution is -2.74. The van der Waals surface area contributed by atoms with E-state index in [2.05, 4.69) is 46.0 Å². The monoisotopic (exact) mass is 588 g/mol. The molecular formula is C37H52N2O4. The summed E-state index contributed by atoms with van der Waals surface area (Å²) in [5, 5.41) is 26.4. The zero-order chi connectivity index (χ0) is 31.4. The minimum Gasteiger partial charge on any atom is -0.381 e. The van der Waals surface area contributed by atoms with Crippen LogP contribution in [-0.4, -0.2) is 34.2 Å². The molecule has 43 heavy (non-hydrogen) atoms. The van der Waals surface area contributed by atoms with Crippen molar-refractivity contribution in [3.63, 3.8) is 0 Å². The van der Waals surface area contributed by atoms with Gasteiger partial charge in [0.05, 0.1) is 5.57 Å². The maximum Gasteiger partial charge on any atom is 0.226 e. The number of fused-ring (bicyclic) bond motifs is 7. The quantitative estimate of drug-likeness (QED) is 0.370. The molecule has 6 heteroatoms. The second-order valence-electron chi connectivity index (χ2n) is 17.2. The summed E-state index contributed by atoms with van der Waals surface area (Å²) in [7, 11) is 0. The Labute approximate surface area is 258 Å². The maximum absolute atomic E-state index is 14.7. The Morgan fingerprint density at radius 1 is 0.907 bits per heavy atom. The van der Waals surface area contributed by atoms with Crippen LogP contribution in [0.25, 0.3) is 0 Å². The van der Waals surface area contributed by atoms with Crippen molar-refractivity contribution >= 4 is 17.5 Å². The number of carbonyl (C=O) groups is 3. The van der Waals surface area contributed by atoms with Gasteiger partial charge in [-0.05, 0) is 86.2 Å². The molecule has 0 heterocycles. The molecule has 0 bridgehead atoms. The Kier molecular flexibility index (Phi) is 6.71. The van der Waals surface area contributed by atoms with Gasteiger partial charge in [0, 0.05) is 33.6 Å². The van der Waals surface area contributed by atoms with E-state index in [1.165, 1.54) is 6.42 Å². The summed E-state index contributed by atoms with van der Waals surface area (Å²) in [5.41, 5.74) is -3.94. The smallest absolute Gasteiger partial charge is 0.226 e. The minimum atomic E-state index is -1.60. The third-order valence-corrected chi connectivity index (χ3v) is 14.7. The molecule has 0 aliphatic heterocycles. The van der Waals surface area contributed by atoms with Crippen LogP contribution in [0.1, 0.15) is 126 Å². The number of carbonyl (C=O) groups excluding carboxylic acids is 3. The van der Waals surface area contributed by atoms with Gasteiger partial charge in [-0.15, -0.1) is 0 Å². The lowest BCUT2D eigenvalue weighted by atomic mass is 9.33. The van der Waals surface area contributed by atoms with Crippen LogP contribution in [0, 0.1) is 55.7 Å². The number of amides is 1. The normalized spacial score (nSPS) is 47.5. The van der Waals surface area contributed by atoms with Crippen LogP contribution in [0.2, 0.25) is 0 Å². The third kappa shape index (κ3) is 3.82. The first-order valence-electron chi connectivity index (χ1n) is 16.9. The molecule has 6 nitrogen and oxygen atoms in total. The summed E-state index contributed by atoms with van der Waals surface area (Å²) in [6.07, 6.45) is 14.4. The van der Waals surface area contributed by atoms with Gasteiger partial charge in [0.15, 0.2) is 11.6 Å². The van der Waals surface area contributed by atoms with E-state index in [0.29, 0.717) is 6.42 Å². The van der Waals surface area contributed by atoms with Crippen molar-refractivity contribution < 1.29 is 19.5 Å². The van der Waals surface area contributed by atoms with E-state index in [4.69, 9.17) is 0 Å². The van der Waals surface area contributed by atoms with Crippen molar-refractivity contribution in [3.8, 4) is 6.07 Å². The first-order chi connectivity index (χ1) is 19.9. The molecule has 6 rings (SSSR count). The molecule has 0 aromatic rings. The maximum atomic E-state index is 14.7. The lowest BCUT2D eigenvalue weighted by molar-refractivity contribution is -0.242. The fourth-order valence-electron chi connectivity index (χ4n) is 11.6.